The number of hydrogen-bond donors (Lipinski definition) is 0. The lowest BCUT2D eigenvalue weighted by Gasteiger charge is -2.36. The summed E-state index contributed by atoms with van der Waals surface area (Å²) in [5.41, 5.74) is -1.48. The fourth-order valence-electron chi connectivity index (χ4n) is 2.65. The zero-order valence-electron chi connectivity index (χ0n) is 13.3. The van der Waals surface area contributed by atoms with Crippen LogP contribution in [0.5, 0.6) is 0 Å². The third-order valence-corrected chi connectivity index (χ3v) is 3.93. The van der Waals surface area contributed by atoms with Gasteiger partial charge in [-0.3, -0.25) is 14.9 Å². The van der Waals surface area contributed by atoms with Gasteiger partial charge in [0.15, 0.2) is 0 Å². The Kier molecular flexibility index (Phi) is 5.00. The molecule has 1 aromatic rings. The molecule has 1 aliphatic rings. The molecule has 9 heteroatoms. The maximum Gasteiger partial charge on any atom is 0.416 e. The molecule has 1 fully saturated rings. The van der Waals surface area contributed by atoms with Gasteiger partial charge in [-0.2, -0.15) is 13.2 Å². The van der Waals surface area contributed by atoms with Crippen molar-refractivity contribution >= 4 is 17.3 Å². The second kappa shape index (κ2) is 6.66. The van der Waals surface area contributed by atoms with E-state index in [1.165, 1.54) is 0 Å². The molecule has 0 bridgehead atoms. The number of nitro benzene ring substituents is 1. The van der Waals surface area contributed by atoms with Gasteiger partial charge >= 0.3 is 6.18 Å². The molecule has 24 heavy (non-hydrogen) atoms. The number of rotatable bonds is 3. The molecule has 1 heterocycles. The number of carbonyl (C=O) groups excluding carboxylic acids is 1. The minimum absolute atomic E-state index is 0.00318. The number of nitro groups is 1. The van der Waals surface area contributed by atoms with Gasteiger partial charge < -0.3 is 9.80 Å². The third kappa shape index (κ3) is 3.77. The van der Waals surface area contributed by atoms with Crippen molar-refractivity contribution in [3.8, 4) is 0 Å². The molecule has 1 saturated heterocycles. The Morgan fingerprint density at radius 1 is 1.21 bits per heavy atom. The van der Waals surface area contributed by atoms with Crippen LogP contribution in [0.15, 0.2) is 18.2 Å². The van der Waals surface area contributed by atoms with Crippen LogP contribution >= 0.6 is 0 Å². The quantitative estimate of drug-likeness (QED) is 0.624. The number of anilines is 1. The van der Waals surface area contributed by atoms with Crippen LogP contribution in [0.1, 0.15) is 19.4 Å². The van der Waals surface area contributed by atoms with E-state index >= 15 is 0 Å². The summed E-state index contributed by atoms with van der Waals surface area (Å²) in [5, 5.41) is 11.2. The van der Waals surface area contributed by atoms with Gasteiger partial charge in [0.1, 0.15) is 5.69 Å². The van der Waals surface area contributed by atoms with Crippen molar-refractivity contribution in [1.82, 2.24) is 4.90 Å². The number of piperazine rings is 1. The zero-order valence-corrected chi connectivity index (χ0v) is 13.3. The van der Waals surface area contributed by atoms with Crippen molar-refractivity contribution in [2.45, 2.75) is 20.0 Å². The molecule has 0 unspecified atom stereocenters. The average molecular weight is 345 g/mol. The van der Waals surface area contributed by atoms with Crippen LogP contribution in [0.2, 0.25) is 0 Å². The fraction of sp³-hybridized carbons (Fsp3) is 0.533. The fourth-order valence-corrected chi connectivity index (χ4v) is 2.65. The maximum absolute atomic E-state index is 12.7. The standard InChI is InChI=1S/C15H18F3N3O3/c1-10(2)14(22)20-7-5-19(6-8-20)12-4-3-11(15(16,17)18)9-13(12)21(23)24/h3-4,9-10H,5-8H2,1-2H3. The number of benzene rings is 1. The van der Waals surface area contributed by atoms with Gasteiger partial charge in [0.05, 0.1) is 10.5 Å². The third-order valence-electron chi connectivity index (χ3n) is 3.93. The highest BCUT2D eigenvalue weighted by molar-refractivity contribution is 5.78. The Hall–Kier alpha value is -2.32. The molecular formula is C15H18F3N3O3. The van der Waals surface area contributed by atoms with Gasteiger partial charge in [0.25, 0.3) is 5.69 Å². The van der Waals surface area contributed by atoms with E-state index in [0.717, 1.165) is 12.1 Å². The summed E-state index contributed by atoms with van der Waals surface area (Å²) in [5.74, 6) is -0.145. The van der Waals surface area contributed by atoms with Crippen molar-refractivity contribution in [2.75, 3.05) is 31.1 Å². The summed E-state index contributed by atoms with van der Waals surface area (Å²) in [6.07, 6.45) is -4.63. The van der Waals surface area contributed by atoms with Crippen molar-refractivity contribution in [3.05, 3.63) is 33.9 Å². The van der Waals surface area contributed by atoms with Crippen LogP contribution in [0.4, 0.5) is 24.5 Å². The summed E-state index contributed by atoms with van der Waals surface area (Å²) in [4.78, 5) is 25.6. The van der Waals surface area contributed by atoms with Crippen molar-refractivity contribution in [3.63, 3.8) is 0 Å². The molecule has 0 spiro atoms. The molecule has 0 atom stereocenters. The molecule has 0 aromatic heterocycles. The monoisotopic (exact) mass is 345 g/mol. The highest BCUT2D eigenvalue weighted by atomic mass is 19.4. The summed E-state index contributed by atoms with van der Waals surface area (Å²) >= 11 is 0. The van der Waals surface area contributed by atoms with Gasteiger partial charge in [-0.15, -0.1) is 0 Å². The van der Waals surface area contributed by atoms with E-state index in [1.54, 1.807) is 23.6 Å². The number of amides is 1. The lowest BCUT2D eigenvalue weighted by atomic mass is 10.1. The van der Waals surface area contributed by atoms with Gasteiger partial charge in [0.2, 0.25) is 5.91 Å². The molecule has 132 valence electrons. The van der Waals surface area contributed by atoms with E-state index in [2.05, 4.69) is 0 Å². The molecule has 1 amide bonds. The highest BCUT2D eigenvalue weighted by Crippen LogP contribution is 2.36. The number of hydrogen-bond acceptors (Lipinski definition) is 4. The SMILES string of the molecule is CC(C)C(=O)N1CCN(c2ccc(C(F)(F)F)cc2[N+](=O)[O-])CC1. The van der Waals surface area contributed by atoms with Crippen LogP contribution in [0, 0.1) is 16.0 Å². The van der Waals surface area contributed by atoms with Gasteiger partial charge in [0, 0.05) is 38.2 Å². The first-order valence-electron chi connectivity index (χ1n) is 7.50. The molecule has 0 aliphatic carbocycles. The van der Waals surface area contributed by atoms with Crippen molar-refractivity contribution < 1.29 is 22.9 Å². The Balaban J connectivity index is 2.21. The summed E-state index contributed by atoms with van der Waals surface area (Å²) in [7, 11) is 0. The van der Waals surface area contributed by atoms with Crippen LogP contribution in [-0.4, -0.2) is 41.9 Å². The predicted molar refractivity (Wildman–Crippen MR) is 81.7 cm³/mol. The molecule has 6 nitrogen and oxygen atoms in total. The normalized spacial score (nSPS) is 15.8. The molecule has 0 radical (unpaired) electrons. The van der Waals surface area contributed by atoms with Crippen molar-refractivity contribution in [2.24, 2.45) is 5.92 Å². The average Bonchev–Trinajstić information content (AvgIpc) is 2.52. The first-order valence-corrected chi connectivity index (χ1v) is 7.50. The molecule has 0 saturated carbocycles. The Morgan fingerprint density at radius 3 is 2.25 bits per heavy atom. The maximum atomic E-state index is 12.7. The van der Waals surface area contributed by atoms with Gasteiger partial charge in [-0.05, 0) is 12.1 Å². The molecule has 1 aromatic carbocycles. The molecular weight excluding hydrogens is 327 g/mol. The number of halogens is 3. The van der Waals surface area contributed by atoms with E-state index < -0.39 is 22.4 Å². The number of nitrogens with zero attached hydrogens (tertiary/aromatic N) is 3. The Bertz CT molecular complexity index is 639. The Morgan fingerprint density at radius 2 is 1.79 bits per heavy atom. The second-order valence-electron chi connectivity index (χ2n) is 5.93. The van der Waals surface area contributed by atoms with Crippen LogP contribution in [0.3, 0.4) is 0 Å². The lowest BCUT2D eigenvalue weighted by Crippen LogP contribution is -2.50. The molecule has 0 N–H and O–H groups in total. The summed E-state index contributed by atoms with van der Waals surface area (Å²) < 4.78 is 38.2. The van der Waals surface area contributed by atoms with E-state index in [0.29, 0.717) is 32.2 Å². The second-order valence-corrected chi connectivity index (χ2v) is 5.93. The zero-order chi connectivity index (χ0) is 18.1. The van der Waals surface area contributed by atoms with Gasteiger partial charge in [-0.25, -0.2) is 0 Å². The van der Waals surface area contributed by atoms with Crippen LogP contribution < -0.4 is 4.90 Å². The largest absolute Gasteiger partial charge is 0.416 e. The van der Waals surface area contributed by atoms with E-state index in [1.807, 2.05) is 0 Å². The van der Waals surface area contributed by atoms with Crippen LogP contribution in [0.25, 0.3) is 0 Å². The van der Waals surface area contributed by atoms with E-state index in [4.69, 9.17) is 0 Å². The first kappa shape index (κ1) is 18.0. The topological polar surface area (TPSA) is 66.7 Å². The predicted octanol–water partition coefficient (Wildman–Crippen LogP) is 2.92. The summed E-state index contributed by atoms with van der Waals surface area (Å²) in [6, 6.07) is 2.52. The van der Waals surface area contributed by atoms with Crippen molar-refractivity contribution in [1.29, 1.82) is 0 Å². The Labute approximate surface area is 137 Å². The number of carbonyl (C=O) groups is 1. The minimum atomic E-state index is -4.63. The summed E-state index contributed by atoms with van der Waals surface area (Å²) in [6.45, 7) is 5.02. The van der Waals surface area contributed by atoms with Gasteiger partial charge in [-0.1, -0.05) is 13.8 Å². The number of alkyl halides is 3. The van der Waals surface area contributed by atoms with E-state index in [9.17, 15) is 28.1 Å². The van der Waals surface area contributed by atoms with Crippen LogP contribution in [-0.2, 0) is 11.0 Å². The smallest absolute Gasteiger partial charge is 0.362 e. The minimum Gasteiger partial charge on any atom is -0.362 e. The highest BCUT2D eigenvalue weighted by Gasteiger charge is 2.34. The molecule has 2 rings (SSSR count). The van der Waals surface area contributed by atoms with E-state index in [-0.39, 0.29) is 17.5 Å². The first-order chi connectivity index (χ1) is 11.1. The lowest BCUT2D eigenvalue weighted by molar-refractivity contribution is -0.384. The molecule has 1 aliphatic heterocycles.